The van der Waals surface area contributed by atoms with E-state index in [9.17, 15) is 10.1 Å². The fraction of sp³-hybridized carbons (Fsp3) is 0.450. The number of nitrogens with zero attached hydrogens (tertiary/aromatic N) is 4. The minimum atomic E-state index is -0.350. The molecule has 1 aliphatic carbocycles. The number of anilines is 1. The van der Waals surface area contributed by atoms with Crippen LogP contribution in [-0.4, -0.2) is 47.0 Å². The molecular weight excluding hydrogens is 328 g/mol. The van der Waals surface area contributed by atoms with Gasteiger partial charge in [-0.2, -0.15) is 0 Å². The molecule has 0 atom stereocenters. The molecule has 0 amide bonds. The molecule has 0 spiro atoms. The molecular formula is C20H24N4O2. The van der Waals surface area contributed by atoms with E-state index in [2.05, 4.69) is 14.8 Å². The Kier molecular flexibility index (Phi) is 4.84. The molecule has 0 bridgehead atoms. The summed E-state index contributed by atoms with van der Waals surface area (Å²) in [5, 5.41) is 11.4. The van der Waals surface area contributed by atoms with Crippen LogP contribution in [0.3, 0.4) is 0 Å². The number of pyridine rings is 1. The molecule has 1 saturated heterocycles. The average Bonchev–Trinajstić information content (AvgIpc) is 3.23. The molecule has 2 fully saturated rings. The number of rotatable bonds is 4. The van der Waals surface area contributed by atoms with Gasteiger partial charge < -0.3 is 4.90 Å². The number of hydrogen-bond acceptors (Lipinski definition) is 5. The third kappa shape index (κ3) is 3.42. The van der Waals surface area contributed by atoms with E-state index in [1.54, 1.807) is 12.1 Å². The molecule has 1 aromatic carbocycles. The highest BCUT2D eigenvalue weighted by atomic mass is 16.6. The zero-order chi connectivity index (χ0) is 17.9. The first kappa shape index (κ1) is 17.0. The van der Waals surface area contributed by atoms with Crippen LogP contribution in [0.4, 0.5) is 11.5 Å². The molecule has 0 radical (unpaired) electrons. The monoisotopic (exact) mass is 352 g/mol. The highest BCUT2D eigenvalue weighted by molar-refractivity contribution is 5.71. The molecule has 2 aliphatic rings. The molecule has 26 heavy (non-hydrogen) atoms. The molecule has 1 aromatic heterocycles. The second-order valence-corrected chi connectivity index (χ2v) is 7.12. The Morgan fingerprint density at radius 1 is 0.962 bits per heavy atom. The van der Waals surface area contributed by atoms with Gasteiger partial charge in [-0.15, -0.1) is 0 Å². The van der Waals surface area contributed by atoms with Crippen LogP contribution in [0, 0.1) is 10.1 Å². The number of hydrogen-bond donors (Lipinski definition) is 0. The molecule has 4 rings (SSSR count). The van der Waals surface area contributed by atoms with Crippen LogP contribution < -0.4 is 4.90 Å². The van der Waals surface area contributed by atoms with Crippen molar-refractivity contribution in [1.82, 2.24) is 9.88 Å². The lowest BCUT2D eigenvalue weighted by atomic mass is 10.1. The maximum atomic E-state index is 11.4. The van der Waals surface area contributed by atoms with Gasteiger partial charge in [-0.3, -0.25) is 15.0 Å². The summed E-state index contributed by atoms with van der Waals surface area (Å²) >= 11 is 0. The SMILES string of the molecule is O=[N+]([O-])c1ccc(N2CCN(C3CCCC3)CC2)nc1-c1ccccc1. The lowest BCUT2D eigenvalue weighted by Crippen LogP contribution is -2.50. The third-order valence-electron chi connectivity index (χ3n) is 5.58. The van der Waals surface area contributed by atoms with Gasteiger partial charge in [-0.25, -0.2) is 4.98 Å². The lowest BCUT2D eigenvalue weighted by molar-refractivity contribution is -0.384. The standard InChI is InChI=1S/C20H24N4O2/c25-24(26)18-10-11-19(21-20(18)16-6-2-1-3-7-16)23-14-12-22(13-15-23)17-8-4-5-9-17/h1-3,6-7,10-11,17H,4-5,8-9,12-15H2. The first-order valence-corrected chi connectivity index (χ1v) is 9.42. The Morgan fingerprint density at radius 2 is 1.65 bits per heavy atom. The Morgan fingerprint density at radius 3 is 2.31 bits per heavy atom. The maximum absolute atomic E-state index is 11.4. The zero-order valence-electron chi connectivity index (χ0n) is 14.9. The van der Waals surface area contributed by atoms with E-state index in [0.717, 1.165) is 43.6 Å². The molecule has 2 heterocycles. The smallest absolute Gasteiger partial charge is 0.295 e. The van der Waals surface area contributed by atoms with Crippen molar-refractivity contribution in [3.8, 4) is 11.3 Å². The van der Waals surface area contributed by atoms with Gasteiger partial charge in [-0.05, 0) is 18.9 Å². The Balaban J connectivity index is 1.55. The van der Waals surface area contributed by atoms with Crippen LogP contribution in [-0.2, 0) is 0 Å². The zero-order valence-corrected chi connectivity index (χ0v) is 14.9. The molecule has 0 unspecified atom stereocenters. The maximum Gasteiger partial charge on any atom is 0.295 e. The van der Waals surface area contributed by atoms with Gasteiger partial charge in [0.15, 0.2) is 5.69 Å². The van der Waals surface area contributed by atoms with Crippen LogP contribution in [0.15, 0.2) is 42.5 Å². The van der Waals surface area contributed by atoms with Crippen LogP contribution in [0.1, 0.15) is 25.7 Å². The quantitative estimate of drug-likeness (QED) is 0.620. The van der Waals surface area contributed by atoms with Crippen LogP contribution in [0.5, 0.6) is 0 Å². The number of nitro groups is 1. The van der Waals surface area contributed by atoms with Crippen molar-refractivity contribution in [3.05, 3.63) is 52.6 Å². The van der Waals surface area contributed by atoms with Gasteiger partial charge in [0.05, 0.1) is 4.92 Å². The van der Waals surface area contributed by atoms with E-state index in [0.29, 0.717) is 5.69 Å². The van der Waals surface area contributed by atoms with Gasteiger partial charge in [0.1, 0.15) is 5.82 Å². The number of benzene rings is 1. The minimum absolute atomic E-state index is 0.0598. The summed E-state index contributed by atoms with van der Waals surface area (Å²) in [5.41, 5.74) is 1.29. The van der Waals surface area contributed by atoms with E-state index < -0.39 is 0 Å². The molecule has 1 aliphatic heterocycles. The van der Waals surface area contributed by atoms with Crippen LogP contribution >= 0.6 is 0 Å². The highest BCUT2D eigenvalue weighted by Gasteiger charge is 2.27. The van der Waals surface area contributed by atoms with E-state index >= 15 is 0 Å². The van der Waals surface area contributed by atoms with E-state index in [1.165, 1.54) is 25.7 Å². The summed E-state index contributed by atoms with van der Waals surface area (Å²) in [7, 11) is 0. The Bertz CT molecular complexity index is 767. The molecule has 2 aromatic rings. The first-order chi connectivity index (χ1) is 12.7. The summed E-state index contributed by atoms with van der Waals surface area (Å²) in [6, 6.07) is 13.5. The summed E-state index contributed by atoms with van der Waals surface area (Å²) in [5.74, 6) is 0.834. The minimum Gasteiger partial charge on any atom is -0.354 e. The Hall–Kier alpha value is -2.47. The molecule has 136 valence electrons. The fourth-order valence-corrected chi connectivity index (χ4v) is 4.16. The van der Waals surface area contributed by atoms with Crippen LogP contribution in [0.25, 0.3) is 11.3 Å². The molecule has 1 saturated carbocycles. The fourth-order valence-electron chi connectivity index (χ4n) is 4.16. The second-order valence-electron chi connectivity index (χ2n) is 7.12. The van der Waals surface area contributed by atoms with Crippen molar-refractivity contribution < 1.29 is 4.92 Å². The van der Waals surface area contributed by atoms with Gasteiger partial charge in [0.2, 0.25) is 0 Å². The summed E-state index contributed by atoms with van der Waals surface area (Å²) < 4.78 is 0. The molecule has 0 N–H and O–H groups in total. The van der Waals surface area contributed by atoms with Crippen molar-refractivity contribution in [2.24, 2.45) is 0 Å². The van der Waals surface area contributed by atoms with Crippen molar-refractivity contribution >= 4 is 11.5 Å². The van der Waals surface area contributed by atoms with E-state index in [1.807, 2.05) is 30.3 Å². The topological polar surface area (TPSA) is 62.5 Å². The Labute approximate surface area is 153 Å². The van der Waals surface area contributed by atoms with Gasteiger partial charge in [0, 0.05) is 43.9 Å². The third-order valence-corrected chi connectivity index (χ3v) is 5.58. The largest absolute Gasteiger partial charge is 0.354 e. The van der Waals surface area contributed by atoms with Gasteiger partial charge >= 0.3 is 0 Å². The van der Waals surface area contributed by atoms with Crippen molar-refractivity contribution in [2.75, 3.05) is 31.1 Å². The predicted octanol–water partition coefficient (Wildman–Crippen LogP) is 3.72. The van der Waals surface area contributed by atoms with E-state index in [4.69, 9.17) is 0 Å². The van der Waals surface area contributed by atoms with Crippen molar-refractivity contribution in [1.29, 1.82) is 0 Å². The normalized spacial score (nSPS) is 19.0. The van der Waals surface area contributed by atoms with Gasteiger partial charge in [-0.1, -0.05) is 43.2 Å². The highest BCUT2D eigenvalue weighted by Crippen LogP contribution is 2.31. The summed E-state index contributed by atoms with van der Waals surface area (Å²) in [6.45, 7) is 3.94. The first-order valence-electron chi connectivity index (χ1n) is 9.42. The summed E-state index contributed by atoms with van der Waals surface area (Å²) in [6.07, 6.45) is 5.37. The van der Waals surface area contributed by atoms with Crippen molar-refractivity contribution in [3.63, 3.8) is 0 Å². The number of aromatic nitrogens is 1. The second kappa shape index (κ2) is 7.41. The van der Waals surface area contributed by atoms with E-state index in [-0.39, 0.29) is 10.6 Å². The molecule has 6 heteroatoms. The number of piperazine rings is 1. The van der Waals surface area contributed by atoms with Gasteiger partial charge in [0.25, 0.3) is 5.69 Å². The predicted molar refractivity (Wildman–Crippen MR) is 102 cm³/mol. The average molecular weight is 352 g/mol. The molecule has 6 nitrogen and oxygen atoms in total. The van der Waals surface area contributed by atoms with Crippen molar-refractivity contribution in [2.45, 2.75) is 31.7 Å². The lowest BCUT2D eigenvalue weighted by Gasteiger charge is -2.38. The summed E-state index contributed by atoms with van der Waals surface area (Å²) in [4.78, 5) is 20.6. The van der Waals surface area contributed by atoms with Crippen LogP contribution in [0.2, 0.25) is 0 Å².